The average molecular weight is 349 g/mol. The normalized spacial score (nSPS) is 11.0. The molecule has 0 bridgehead atoms. The van der Waals surface area contributed by atoms with Gasteiger partial charge in [-0.1, -0.05) is 31.2 Å². The Morgan fingerprint density at radius 1 is 1.12 bits per heavy atom. The quantitative estimate of drug-likeness (QED) is 0.519. The minimum absolute atomic E-state index is 0.315. The molecule has 0 fully saturated rings. The summed E-state index contributed by atoms with van der Waals surface area (Å²) in [5.74, 6) is -0.122. The topological polar surface area (TPSA) is 68.5 Å². The monoisotopic (exact) mass is 349 g/mol. The zero-order chi connectivity index (χ0) is 18.4. The number of hydrogen-bond acceptors (Lipinski definition) is 4. The maximum Gasteiger partial charge on any atom is 0.338 e. The number of furan rings is 1. The maximum absolute atomic E-state index is 12.1. The fraction of sp³-hybridized carbons (Fsp3) is 0.143. The van der Waals surface area contributed by atoms with Crippen molar-refractivity contribution < 1.29 is 18.7 Å². The van der Waals surface area contributed by atoms with Crippen LogP contribution in [-0.2, 0) is 9.53 Å². The second-order valence-electron chi connectivity index (χ2n) is 5.73. The SMILES string of the molecule is CCCOC(=O)c1cccc(NC(=O)C=Cc2cc3ccccc3o2)c1. The van der Waals surface area contributed by atoms with E-state index in [4.69, 9.17) is 9.15 Å². The molecule has 0 aliphatic carbocycles. The molecule has 5 heteroatoms. The smallest absolute Gasteiger partial charge is 0.338 e. The molecule has 0 radical (unpaired) electrons. The lowest BCUT2D eigenvalue weighted by molar-refractivity contribution is -0.111. The van der Waals surface area contributed by atoms with Crippen molar-refractivity contribution in [2.75, 3.05) is 11.9 Å². The summed E-state index contributed by atoms with van der Waals surface area (Å²) in [4.78, 5) is 24.0. The summed E-state index contributed by atoms with van der Waals surface area (Å²) in [6.07, 6.45) is 3.75. The third kappa shape index (κ3) is 4.39. The molecule has 1 N–H and O–H groups in total. The van der Waals surface area contributed by atoms with Gasteiger partial charge in [0.1, 0.15) is 11.3 Å². The largest absolute Gasteiger partial charge is 0.462 e. The second kappa shape index (κ2) is 8.16. The summed E-state index contributed by atoms with van der Waals surface area (Å²) in [6, 6.07) is 16.1. The highest BCUT2D eigenvalue weighted by Crippen LogP contribution is 2.19. The average Bonchev–Trinajstić information content (AvgIpc) is 3.07. The van der Waals surface area contributed by atoms with Crippen LogP contribution in [0.5, 0.6) is 0 Å². The van der Waals surface area contributed by atoms with Crippen molar-refractivity contribution in [2.24, 2.45) is 0 Å². The molecule has 5 nitrogen and oxygen atoms in total. The summed E-state index contributed by atoms with van der Waals surface area (Å²) < 4.78 is 10.7. The predicted octanol–water partition coefficient (Wildman–Crippen LogP) is 4.65. The lowest BCUT2D eigenvalue weighted by atomic mass is 10.2. The molecule has 1 aromatic heterocycles. The summed E-state index contributed by atoms with van der Waals surface area (Å²) in [5.41, 5.74) is 1.69. The van der Waals surface area contributed by atoms with Gasteiger partial charge in [0, 0.05) is 17.1 Å². The summed E-state index contributed by atoms with van der Waals surface area (Å²) in [6.45, 7) is 2.30. The van der Waals surface area contributed by atoms with E-state index in [9.17, 15) is 9.59 Å². The Morgan fingerprint density at radius 2 is 1.96 bits per heavy atom. The van der Waals surface area contributed by atoms with Gasteiger partial charge in [0.15, 0.2) is 0 Å². The first kappa shape index (κ1) is 17.5. The molecule has 0 saturated heterocycles. The highest BCUT2D eigenvalue weighted by atomic mass is 16.5. The van der Waals surface area contributed by atoms with E-state index in [0.717, 1.165) is 17.4 Å². The van der Waals surface area contributed by atoms with E-state index in [0.29, 0.717) is 23.6 Å². The number of carbonyl (C=O) groups excluding carboxylic acids is 2. The van der Waals surface area contributed by atoms with Crippen molar-refractivity contribution >= 4 is 34.6 Å². The summed E-state index contributed by atoms with van der Waals surface area (Å²) >= 11 is 0. The molecule has 2 aromatic carbocycles. The molecule has 0 atom stereocenters. The Hall–Kier alpha value is -3.34. The first-order chi connectivity index (χ1) is 12.7. The fourth-order valence-electron chi connectivity index (χ4n) is 2.43. The van der Waals surface area contributed by atoms with Gasteiger partial charge >= 0.3 is 5.97 Å². The molecule has 0 aliphatic rings. The minimum atomic E-state index is -0.402. The van der Waals surface area contributed by atoms with Crippen molar-refractivity contribution in [1.82, 2.24) is 0 Å². The van der Waals surface area contributed by atoms with E-state index in [-0.39, 0.29) is 5.91 Å². The van der Waals surface area contributed by atoms with Crippen LogP contribution in [0, 0.1) is 0 Å². The van der Waals surface area contributed by atoms with Gasteiger partial charge in [-0.15, -0.1) is 0 Å². The van der Waals surface area contributed by atoms with E-state index in [1.165, 1.54) is 6.08 Å². The molecule has 3 aromatic rings. The van der Waals surface area contributed by atoms with E-state index < -0.39 is 5.97 Å². The Balaban J connectivity index is 1.65. The van der Waals surface area contributed by atoms with Gasteiger partial charge in [0.25, 0.3) is 0 Å². The lowest BCUT2D eigenvalue weighted by Crippen LogP contribution is -2.10. The highest BCUT2D eigenvalue weighted by Gasteiger charge is 2.08. The number of fused-ring (bicyclic) bond motifs is 1. The number of carbonyl (C=O) groups is 2. The number of hydrogen-bond donors (Lipinski definition) is 1. The van der Waals surface area contributed by atoms with Crippen LogP contribution in [0.1, 0.15) is 29.5 Å². The third-order valence-corrected chi connectivity index (χ3v) is 3.65. The molecule has 132 valence electrons. The van der Waals surface area contributed by atoms with Crippen LogP contribution in [0.25, 0.3) is 17.0 Å². The zero-order valence-electron chi connectivity index (χ0n) is 14.4. The van der Waals surface area contributed by atoms with Gasteiger partial charge in [-0.3, -0.25) is 4.79 Å². The fourth-order valence-corrected chi connectivity index (χ4v) is 2.43. The number of anilines is 1. The second-order valence-corrected chi connectivity index (χ2v) is 5.73. The van der Waals surface area contributed by atoms with Gasteiger partial charge in [0.2, 0.25) is 5.91 Å². The molecule has 0 saturated carbocycles. The van der Waals surface area contributed by atoms with Crippen molar-refractivity contribution in [1.29, 1.82) is 0 Å². The first-order valence-corrected chi connectivity index (χ1v) is 8.40. The van der Waals surface area contributed by atoms with E-state index >= 15 is 0 Å². The number of esters is 1. The number of nitrogens with one attached hydrogen (secondary N) is 1. The van der Waals surface area contributed by atoms with Crippen molar-refractivity contribution in [3.8, 4) is 0 Å². The van der Waals surface area contributed by atoms with Crippen molar-refractivity contribution in [3.63, 3.8) is 0 Å². The molecule has 0 spiro atoms. The Bertz CT molecular complexity index is 922. The molecule has 1 heterocycles. The number of benzene rings is 2. The van der Waals surface area contributed by atoms with Gasteiger partial charge in [-0.05, 0) is 42.8 Å². The summed E-state index contributed by atoms with van der Waals surface area (Å²) in [5, 5.41) is 3.70. The first-order valence-electron chi connectivity index (χ1n) is 8.40. The zero-order valence-corrected chi connectivity index (χ0v) is 14.4. The van der Waals surface area contributed by atoms with Crippen LogP contribution in [0.15, 0.2) is 65.1 Å². The Labute approximate surface area is 151 Å². The molecule has 0 aliphatic heterocycles. The Kier molecular flexibility index (Phi) is 5.49. The van der Waals surface area contributed by atoms with Crippen LogP contribution in [-0.4, -0.2) is 18.5 Å². The van der Waals surface area contributed by atoms with Gasteiger partial charge < -0.3 is 14.5 Å². The summed E-state index contributed by atoms with van der Waals surface area (Å²) in [7, 11) is 0. The molecule has 3 rings (SSSR count). The van der Waals surface area contributed by atoms with E-state index in [1.54, 1.807) is 30.3 Å². The molecule has 26 heavy (non-hydrogen) atoms. The highest BCUT2D eigenvalue weighted by molar-refractivity contribution is 6.02. The molecule has 1 amide bonds. The van der Waals surface area contributed by atoms with Crippen LogP contribution in [0.3, 0.4) is 0 Å². The Morgan fingerprint density at radius 3 is 2.77 bits per heavy atom. The molecular weight excluding hydrogens is 330 g/mol. The van der Waals surface area contributed by atoms with Crippen LogP contribution < -0.4 is 5.32 Å². The molecular formula is C21H19NO4. The van der Waals surface area contributed by atoms with Crippen molar-refractivity contribution in [3.05, 3.63) is 72.0 Å². The standard InChI is InChI=1S/C21H19NO4/c1-2-12-25-21(24)16-7-5-8-17(13-16)22-20(23)11-10-18-14-15-6-3-4-9-19(15)26-18/h3-11,13-14H,2,12H2,1H3,(H,22,23). The number of para-hydroxylation sites is 1. The van der Waals surface area contributed by atoms with E-state index in [2.05, 4.69) is 5.32 Å². The molecule has 0 unspecified atom stereocenters. The van der Waals surface area contributed by atoms with Crippen molar-refractivity contribution in [2.45, 2.75) is 13.3 Å². The lowest BCUT2D eigenvalue weighted by Gasteiger charge is -2.06. The number of amides is 1. The van der Waals surface area contributed by atoms with E-state index in [1.807, 2.05) is 37.3 Å². The van der Waals surface area contributed by atoms with Gasteiger partial charge in [0.05, 0.1) is 12.2 Å². The van der Waals surface area contributed by atoms with Gasteiger partial charge in [-0.25, -0.2) is 4.79 Å². The number of ether oxygens (including phenoxy) is 1. The third-order valence-electron chi connectivity index (χ3n) is 3.65. The minimum Gasteiger partial charge on any atom is -0.462 e. The maximum atomic E-state index is 12.1. The predicted molar refractivity (Wildman–Crippen MR) is 101 cm³/mol. The van der Waals surface area contributed by atoms with Crippen LogP contribution >= 0.6 is 0 Å². The number of rotatable bonds is 6. The van der Waals surface area contributed by atoms with Crippen LogP contribution in [0.2, 0.25) is 0 Å². The van der Waals surface area contributed by atoms with Gasteiger partial charge in [-0.2, -0.15) is 0 Å². The van der Waals surface area contributed by atoms with Crippen LogP contribution in [0.4, 0.5) is 5.69 Å².